The van der Waals surface area contributed by atoms with Crippen LogP contribution >= 0.6 is 12.2 Å². The van der Waals surface area contributed by atoms with E-state index in [0.717, 1.165) is 25.1 Å². The van der Waals surface area contributed by atoms with Gasteiger partial charge >= 0.3 is 0 Å². The predicted octanol–water partition coefficient (Wildman–Crippen LogP) is 2.58. The van der Waals surface area contributed by atoms with Crippen LogP contribution in [0.5, 0.6) is 0 Å². The van der Waals surface area contributed by atoms with Crippen LogP contribution < -0.4 is 5.73 Å². The van der Waals surface area contributed by atoms with Gasteiger partial charge in [0.1, 0.15) is 4.99 Å². The first-order valence-corrected chi connectivity index (χ1v) is 6.99. The van der Waals surface area contributed by atoms with Crippen molar-refractivity contribution in [1.82, 2.24) is 4.90 Å². The fraction of sp³-hybridized carbons (Fsp3) is 0.467. The van der Waals surface area contributed by atoms with E-state index in [1.165, 1.54) is 6.42 Å². The minimum Gasteiger partial charge on any atom is -0.389 e. The number of nitrogens with zero attached hydrogens (tertiary/aromatic N) is 1. The van der Waals surface area contributed by atoms with Crippen LogP contribution in [0.1, 0.15) is 42.6 Å². The Bertz CT molecular complexity index is 493. The predicted molar refractivity (Wildman–Crippen MR) is 81.2 cm³/mol. The van der Waals surface area contributed by atoms with Crippen LogP contribution in [0.25, 0.3) is 0 Å². The van der Waals surface area contributed by atoms with Crippen molar-refractivity contribution in [1.29, 1.82) is 0 Å². The van der Waals surface area contributed by atoms with Crippen molar-refractivity contribution in [3.63, 3.8) is 0 Å². The molecule has 1 aromatic carbocycles. The van der Waals surface area contributed by atoms with Gasteiger partial charge in [-0.2, -0.15) is 0 Å². The zero-order valence-electron chi connectivity index (χ0n) is 11.5. The van der Waals surface area contributed by atoms with Gasteiger partial charge in [-0.3, -0.25) is 4.79 Å². The Morgan fingerprint density at radius 3 is 2.37 bits per heavy atom. The Balaban J connectivity index is 2.13. The molecule has 1 amide bonds. The maximum atomic E-state index is 12.4. The lowest BCUT2D eigenvalue weighted by molar-refractivity contribution is 0.0583. The molecule has 4 heteroatoms. The van der Waals surface area contributed by atoms with Gasteiger partial charge in [0.15, 0.2) is 0 Å². The smallest absolute Gasteiger partial charge is 0.253 e. The van der Waals surface area contributed by atoms with E-state index >= 15 is 0 Å². The minimum atomic E-state index is 0.0993. The second kappa shape index (κ2) is 5.29. The molecule has 102 valence electrons. The molecule has 0 bridgehead atoms. The molecule has 2 N–H and O–H groups in total. The highest BCUT2D eigenvalue weighted by molar-refractivity contribution is 7.80. The Morgan fingerprint density at radius 1 is 1.26 bits per heavy atom. The molecule has 0 saturated carbocycles. The molecule has 1 aromatic rings. The minimum absolute atomic E-state index is 0.0993. The Kier molecular flexibility index (Phi) is 3.90. The summed E-state index contributed by atoms with van der Waals surface area (Å²) in [7, 11) is 0. The van der Waals surface area contributed by atoms with E-state index in [-0.39, 0.29) is 11.3 Å². The SMILES string of the molecule is CC1(C)CCCN(C(=O)c2ccc(C(N)=S)cc2)C1. The fourth-order valence-electron chi connectivity index (χ4n) is 2.56. The molecule has 0 atom stereocenters. The van der Waals surface area contributed by atoms with Gasteiger partial charge in [0.25, 0.3) is 5.91 Å². The average Bonchev–Trinajstić information content (AvgIpc) is 2.37. The molecule has 19 heavy (non-hydrogen) atoms. The number of amides is 1. The van der Waals surface area contributed by atoms with Crippen LogP contribution in [0.2, 0.25) is 0 Å². The van der Waals surface area contributed by atoms with Gasteiger partial charge < -0.3 is 10.6 Å². The van der Waals surface area contributed by atoms with Gasteiger partial charge in [0.05, 0.1) is 0 Å². The summed E-state index contributed by atoms with van der Waals surface area (Å²) in [6.45, 7) is 6.09. The van der Waals surface area contributed by atoms with E-state index in [9.17, 15) is 4.79 Å². The van der Waals surface area contributed by atoms with Crippen molar-refractivity contribution in [2.24, 2.45) is 11.1 Å². The second-order valence-corrected chi connectivity index (χ2v) is 6.38. The first kappa shape index (κ1) is 14.0. The number of hydrogen-bond donors (Lipinski definition) is 1. The zero-order valence-corrected chi connectivity index (χ0v) is 12.3. The molecule has 2 rings (SSSR count). The maximum absolute atomic E-state index is 12.4. The highest BCUT2D eigenvalue weighted by Crippen LogP contribution is 2.29. The third-order valence-corrected chi connectivity index (χ3v) is 3.84. The molecule has 1 heterocycles. The van der Waals surface area contributed by atoms with Gasteiger partial charge in [-0.15, -0.1) is 0 Å². The average molecular weight is 276 g/mol. The fourth-order valence-corrected chi connectivity index (χ4v) is 2.69. The number of thiocarbonyl (C=S) groups is 1. The second-order valence-electron chi connectivity index (χ2n) is 5.94. The number of carbonyl (C=O) groups is 1. The molecule has 0 aromatic heterocycles. The Labute approximate surface area is 119 Å². The van der Waals surface area contributed by atoms with E-state index in [1.54, 1.807) is 12.1 Å². The summed E-state index contributed by atoms with van der Waals surface area (Å²) >= 11 is 4.91. The third-order valence-electron chi connectivity index (χ3n) is 3.60. The normalized spacial score (nSPS) is 18.1. The monoisotopic (exact) mass is 276 g/mol. The molecule has 0 aliphatic carbocycles. The standard InChI is InChI=1S/C15H20N2OS/c1-15(2)8-3-9-17(10-15)14(18)12-6-4-11(5-7-12)13(16)19/h4-7H,3,8-10H2,1-2H3,(H2,16,19). The summed E-state index contributed by atoms with van der Waals surface area (Å²) in [6, 6.07) is 7.23. The first-order valence-electron chi connectivity index (χ1n) is 6.58. The highest BCUT2D eigenvalue weighted by atomic mass is 32.1. The lowest BCUT2D eigenvalue weighted by Crippen LogP contribution is -2.43. The van der Waals surface area contributed by atoms with Gasteiger partial charge in [-0.25, -0.2) is 0 Å². The van der Waals surface area contributed by atoms with Crippen LogP contribution in [0.4, 0.5) is 0 Å². The number of piperidine rings is 1. The van der Waals surface area contributed by atoms with Crippen molar-refractivity contribution >= 4 is 23.1 Å². The van der Waals surface area contributed by atoms with Gasteiger partial charge in [-0.1, -0.05) is 38.2 Å². The number of likely N-dealkylation sites (tertiary alicyclic amines) is 1. The summed E-state index contributed by atoms with van der Waals surface area (Å²) in [5, 5.41) is 0. The van der Waals surface area contributed by atoms with Crippen molar-refractivity contribution in [2.75, 3.05) is 13.1 Å². The molecule has 0 radical (unpaired) electrons. The largest absolute Gasteiger partial charge is 0.389 e. The van der Waals surface area contributed by atoms with E-state index in [0.29, 0.717) is 10.6 Å². The van der Waals surface area contributed by atoms with E-state index in [1.807, 2.05) is 17.0 Å². The Morgan fingerprint density at radius 2 is 1.84 bits per heavy atom. The molecule has 1 aliphatic rings. The molecule has 1 saturated heterocycles. The topological polar surface area (TPSA) is 46.3 Å². The van der Waals surface area contributed by atoms with Crippen molar-refractivity contribution in [3.05, 3.63) is 35.4 Å². The van der Waals surface area contributed by atoms with Crippen molar-refractivity contribution in [3.8, 4) is 0 Å². The number of carbonyl (C=O) groups excluding carboxylic acids is 1. The number of nitrogens with two attached hydrogens (primary N) is 1. The lowest BCUT2D eigenvalue weighted by Gasteiger charge is -2.38. The molecule has 1 aliphatic heterocycles. The molecule has 0 unspecified atom stereocenters. The summed E-state index contributed by atoms with van der Waals surface area (Å²) < 4.78 is 0. The number of rotatable bonds is 2. The van der Waals surface area contributed by atoms with E-state index in [2.05, 4.69) is 13.8 Å². The van der Waals surface area contributed by atoms with Gasteiger partial charge in [-0.05, 0) is 30.4 Å². The summed E-state index contributed by atoms with van der Waals surface area (Å²) in [5.41, 5.74) is 7.27. The summed E-state index contributed by atoms with van der Waals surface area (Å²) in [5.74, 6) is 0.0993. The Hall–Kier alpha value is -1.42. The molecular formula is C15H20N2OS. The summed E-state index contributed by atoms with van der Waals surface area (Å²) in [4.78, 5) is 14.7. The first-order chi connectivity index (χ1) is 8.89. The van der Waals surface area contributed by atoms with Crippen LogP contribution in [0, 0.1) is 5.41 Å². The quantitative estimate of drug-likeness (QED) is 0.845. The molecular weight excluding hydrogens is 256 g/mol. The van der Waals surface area contributed by atoms with E-state index < -0.39 is 0 Å². The van der Waals surface area contributed by atoms with Crippen LogP contribution in [0.15, 0.2) is 24.3 Å². The molecule has 1 fully saturated rings. The van der Waals surface area contributed by atoms with Crippen LogP contribution in [-0.4, -0.2) is 28.9 Å². The van der Waals surface area contributed by atoms with Gasteiger partial charge in [0, 0.05) is 24.2 Å². The van der Waals surface area contributed by atoms with Crippen LogP contribution in [0.3, 0.4) is 0 Å². The van der Waals surface area contributed by atoms with E-state index in [4.69, 9.17) is 18.0 Å². The summed E-state index contributed by atoms with van der Waals surface area (Å²) in [6.07, 6.45) is 2.25. The van der Waals surface area contributed by atoms with Gasteiger partial charge in [0.2, 0.25) is 0 Å². The number of benzene rings is 1. The third kappa shape index (κ3) is 3.32. The molecule has 3 nitrogen and oxygen atoms in total. The van der Waals surface area contributed by atoms with Crippen molar-refractivity contribution in [2.45, 2.75) is 26.7 Å². The maximum Gasteiger partial charge on any atom is 0.253 e. The van der Waals surface area contributed by atoms with Crippen LogP contribution in [-0.2, 0) is 0 Å². The zero-order chi connectivity index (χ0) is 14.0. The van der Waals surface area contributed by atoms with Crippen molar-refractivity contribution < 1.29 is 4.79 Å². The number of hydrogen-bond acceptors (Lipinski definition) is 2. The highest BCUT2D eigenvalue weighted by Gasteiger charge is 2.29. The molecule has 0 spiro atoms. The lowest BCUT2D eigenvalue weighted by atomic mass is 9.84.